The number of hydrogen-bond acceptors (Lipinski definition) is 2. The minimum atomic E-state index is -0.194. The molecule has 80 valence electrons. The van der Waals surface area contributed by atoms with Crippen molar-refractivity contribution in [3.63, 3.8) is 0 Å². The number of benzene rings is 1. The number of hydrogen-bond donors (Lipinski definition) is 0. The van der Waals surface area contributed by atoms with E-state index in [1.54, 1.807) is 4.90 Å². The molecule has 0 saturated carbocycles. The molecular formula is C11H12INO2. The van der Waals surface area contributed by atoms with Crippen LogP contribution in [0.1, 0.15) is 5.56 Å². The number of carbonyl (C=O) groups excluding carboxylic acids is 1. The van der Waals surface area contributed by atoms with Crippen LogP contribution < -0.4 is 0 Å². The van der Waals surface area contributed by atoms with E-state index < -0.39 is 0 Å². The van der Waals surface area contributed by atoms with Gasteiger partial charge in [0.15, 0.2) is 0 Å². The lowest BCUT2D eigenvalue weighted by Crippen LogP contribution is -2.24. The van der Waals surface area contributed by atoms with Gasteiger partial charge >= 0.3 is 6.09 Å². The second-order valence-electron chi connectivity index (χ2n) is 3.53. The zero-order valence-electron chi connectivity index (χ0n) is 8.23. The summed E-state index contributed by atoms with van der Waals surface area (Å²) in [5.41, 5.74) is 1.14. The van der Waals surface area contributed by atoms with E-state index in [0.717, 1.165) is 9.99 Å². The smallest absolute Gasteiger partial charge is 0.410 e. The SMILES string of the molecule is O=C1OC(CI)CN1Cc1ccccc1. The van der Waals surface area contributed by atoms with Crippen molar-refractivity contribution in [3.8, 4) is 0 Å². The first-order valence-corrected chi connectivity index (χ1v) is 6.37. The molecule has 1 amide bonds. The Hall–Kier alpha value is -0.780. The van der Waals surface area contributed by atoms with Crippen LogP contribution in [0.25, 0.3) is 0 Å². The lowest BCUT2D eigenvalue weighted by Gasteiger charge is -2.12. The Balaban J connectivity index is 1.99. The molecule has 0 spiro atoms. The summed E-state index contributed by atoms with van der Waals surface area (Å²) >= 11 is 2.24. The number of amides is 1. The second kappa shape index (κ2) is 4.83. The van der Waals surface area contributed by atoms with Gasteiger partial charge < -0.3 is 9.64 Å². The van der Waals surface area contributed by atoms with E-state index >= 15 is 0 Å². The topological polar surface area (TPSA) is 29.5 Å². The average Bonchev–Trinajstić information content (AvgIpc) is 2.61. The fourth-order valence-corrected chi connectivity index (χ4v) is 2.05. The largest absolute Gasteiger partial charge is 0.443 e. The van der Waals surface area contributed by atoms with Gasteiger partial charge in [-0.15, -0.1) is 0 Å². The minimum absolute atomic E-state index is 0.0572. The second-order valence-corrected chi connectivity index (χ2v) is 4.41. The maximum Gasteiger partial charge on any atom is 0.410 e. The lowest BCUT2D eigenvalue weighted by molar-refractivity contribution is 0.139. The standard InChI is InChI=1S/C11H12INO2/c12-6-10-8-13(11(14)15-10)7-9-4-2-1-3-5-9/h1-5,10H,6-8H2. The number of alkyl halides is 1. The Morgan fingerprint density at radius 3 is 2.73 bits per heavy atom. The molecule has 1 aliphatic heterocycles. The summed E-state index contributed by atoms with van der Waals surface area (Å²) in [6.07, 6.45) is -0.137. The number of ether oxygens (including phenoxy) is 1. The van der Waals surface area contributed by atoms with Crippen LogP contribution in [-0.2, 0) is 11.3 Å². The first kappa shape index (κ1) is 10.7. The molecule has 1 saturated heterocycles. The van der Waals surface area contributed by atoms with Crippen LogP contribution in [0.4, 0.5) is 4.79 Å². The molecule has 1 aromatic rings. The number of rotatable bonds is 3. The predicted octanol–water partition coefficient (Wildman–Crippen LogP) is 2.44. The Morgan fingerprint density at radius 1 is 1.40 bits per heavy atom. The van der Waals surface area contributed by atoms with Gasteiger partial charge in [-0.05, 0) is 5.56 Å². The normalized spacial score (nSPS) is 20.5. The maximum absolute atomic E-state index is 11.4. The van der Waals surface area contributed by atoms with Gasteiger partial charge in [0.1, 0.15) is 6.10 Å². The summed E-state index contributed by atoms with van der Waals surface area (Å²) < 4.78 is 6.03. The quantitative estimate of drug-likeness (QED) is 0.633. The molecule has 1 fully saturated rings. The molecular weight excluding hydrogens is 305 g/mol. The number of carbonyl (C=O) groups is 1. The van der Waals surface area contributed by atoms with Crippen molar-refractivity contribution in [1.82, 2.24) is 4.90 Å². The van der Waals surface area contributed by atoms with Gasteiger partial charge in [0.25, 0.3) is 0 Å². The fourth-order valence-electron chi connectivity index (χ4n) is 1.59. The molecule has 2 rings (SSSR count). The highest BCUT2D eigenvalue weighted by Gasteiger charge is 2.29. The van der Waals surface area contributed by atoms with Crippen LogP contribution in [0, 0.1) is 0 Å². The van der Waals surface area contributed by atoms with Crippen molar-refractivity contribution in [2.45, 2.75) is 12.6 Å². The van der Waals surface area contributed by atoms with Crippen molar-refractivity contribution < 1.29 is 9.53 Å². The molecule has 0 N–H and O–H groups in total. The van der Waals surface area contributed by atoms with Gasteiger partial charge in [-0.25, -0.2) is 4.79 Å². The third-order valence-electron chi connectivity index (χ3n) is 2.34. The zero-order chi connectivity index (χ0) is 10.7. The monoisotopic (exact) mass is 317 g/mol. The summed E-state index contributed by atoms with van der Waals surface area (Å²) in [4.78, 5) is 13.2. The molecule has 0 aromatic heterocycles. The Kier molecular flexibility index (Phi) is 3.45. The molecule has 1 atom stereocenters. The Labute approximate surface area is 103 Å². The van der Waals surface area contributed by atoms with E-state index in [-0.39, 0.29) is 12.2 Å². The average molecular weight is 317 g/mol. The summed E-state index contributed by atoms with van der Waals surface area (Å²) in [5, 5.41) is 0. The van der Waals surface area contributed by atoms with Gasteiger partial charge in [-0.2, -0.15) is 0 Å². The molecule has 15 heavy (non-hydrogen) atoms. The van der Waals surface area contributed by atoms with E-state index in [2.05, 4.69) is 22.6 Å². The van der Waals surface area contributed by atoms with Crippen molar-refractivity contribution >= 4 is 28.7 Å². The van der Waals surface area contributed by atoms with E-state index in [0.29, 0.717) is 13.1 Å². The van der Waals surface area contributed by atoms with Crippen molar-refractivity contribution in [1.29, 1.82) is 0 Å². The van der Waals surface area contributed by atoms with Crippen LogP contribution in [0.3, 0.4) is 0 Å². The number of cyclic esters (lactones) is 1. The first-order valence-electron chi connectivity index (χ1n) is 4.85. The highest BCUT2D eigenvalue weighted by molar-refractivity contribution is 14.1. The van der Waals surface area contributed by atoms with Crippen LogP contribution in [0.2, 0.25) is 0 Å². The number of halogens is 1. The molecule has 3 nitrogen and oxygen atoms in total. The van der Waals surface area contributed by atoms with E-state index in [9.17, 15) is 4.79 Å². The van der Waals surface area contributed by atoms with Crippen LogP contribution in [-0.4, -0.2) is 28.1 Å². The lowest BCUT2D eigenvalue weighted by atomic mass is 10.2. The zero-order valence-corrected chi connectivity index (χ0v) is 10.4. The van der Waals surface area contributed by atoms with Crippen LogP contribution in [0.15, 0.2) is 30.3 Å². The third kappa shape index (κ3) is 2.62. The third-order valence-corrected chi connectivity index (χ3v) is 3.32. The molecule has 0 bridgehead atoms. The van der Waals surface area contributed by atoms with Crippen molar-refractivity contribution in [3.05, 3.63) is 35.9 Å². The summed E-state index contributed by atoms with van der Waals surface area (Å²) in [7, 11) is 0. The summed E-state index contributed by atoms with van der Waals surface area (Å²) in [5.74, 6) is 0. The van der Waals surface area contributed by atoms with Crippen molar-refractivity contribution in [2.75, 3.05) is 11.0 Å². The molecule has 1 aromatic carbocycles. The van der Waals surface area contributed by atoms with Gasteiger partial charge in [0.2, 0.25) is 0 Å². The molecule has 0 aliphatic carbocycles. The summed E-state index contributed by atoms with van der Waals surface area (Å²) in [6.45, 7) is 1.35. The number of nitrogens with zero attached hydrogens (tertiary/aromatic N) is 1. The molecule has 0 radical (unpaired) electrons. The van der Waals surface area contributed by atoms with Gasteiger partial charge in [0, 0.05) is 11.0 Å². The van der Waals surface area contributed by atoms with Crippen LogP contribution >= 0.6 is 22.6 Å². The van der Waals surface area contributed by atoms with Crippen LogP contribution in [0.5, 0.6) is 0 Å². The van der Waals surface area contributed by atoms with E-state index in [4.69, 9.17) is 4.74 Å². The minimum Gasteiger partial charge on any atom is -0.443 e. The fraction of sp³-hybridized carbons (Fsp3) is 0.364. The van der Waals surface area contributed by atoms with E-state index in [1.165, 1.54) is 0 Å². The first-order chi connectivity index (χ1) is 7.29. The Bertz CT molecular complexity index is 342. The molecule has 4 heteroatoms. The molecule has 1 unspecified atom stereocenters. The highest BCUT2D eigenvalue weighted by atomic mass is 127. The van der Waals surface area contributed by atoms with E-state index in [1.807, 2.05) is 30.3 Å². The summed E-state index contributed by atoms with van der Waals surface area (Å²) in [6, 6.07) is 9.97. The van der Waals surface area contributed by atoms with Crippen molar-refractivity contribution in [2.24, 2.45) is 0 Å². The van der Waals surface area contributed by atoms with Gasteiger partial charge in [-0.3, -0.25) is 0 Å². The molecule has 1 aliphatic rings. The Morgan fingerprint density at radius 2 is 2.13 bits per heavy atom. The highest BCUT2D eigenvalue weighted by Crippen LogP contribution is 2.16. The van der Waals surface area contributed by atoms with Gasteiger partial charge in [-0.1, -0.05) is 52.9 Å². The predicted molar refractivity (Wildman–Crippen MR) is 66.0 cm³/mol. The van der Waals surface area contributed by atoms with Gasteiger partial charge in [0.05, 0.1) is 6.54 Å². The maximum atomic E-state index is 11.4. The molecule has 1 heterocycles.